The summed E-state index contributed by atoms with van der Waals surface area (Å²) in [7, 11) is 0. The first-order valence-corrected chi connectivity index (χ1v) is 9.23. The number of Topliss-reactive ketones (excluding diaryl/α,β-unsaturated/α-hetero) is 1. The molecule has 0 radical (unpaired) electrons. The van der Waals surface area contributed by atoms with Crippen LogP contribution in [0.2, 0.25) is 0 Å². The van der Waals surface area contributed by atoms with Crippen molar-refractivity contribution in [3.63, 3.8) is 0 Å². The van der Waals surface area contributed by atoms with Crippen molar-refractivity contribution in [2.24, 2.45) is 5.92 Å². The first kappa shape index (κ1) is 19.9. The van der Waals surface area contributed by atoms with E-state index in [0.29, 0.717) is 23.4 Å². The van der Waals surface area contributed by atoms with Gasteiger partial charge in [0.25, 0.3) is 5.91 Å². The molecule has 1 heterocycles. The Kier molecular flexibility index (Phi) is 6.40. The smallest absolute Gasteiger partial charge is 0.268 e. The van der Waals surface area contributed by atoms with Gasteiger partial charge in [0.15, 0.2) is 11.9 Å². The number of carbonyl (C=O) groups is 3. The Hall–Kier alpha value is -2.37. The number of benzene rings is 1. The van der Waals surface area contributed by atoms with Gasteiger partial charge in [-0.1, -0.05) is 27.7 Å². The summed E-state index contributed by atoms with van der Waals surface area (Å²) < 4.78 is 5.85. The van der Waals surface area contributed by atoms with Crippen LogP contribution in [0.3, 0.4) is 0 Å². The maximum absolute atomic E-state index is 12.9. The molecule has 0 fully saturated rings. The monoisotopic (exact) mass is 360 g/mol. The Morgan fingerprint density at radius 3 is 2.50 bits per heavy atom. The van der Waals surface area contributed by atoms with Gasteiger partial charge in [0.2, 0.25) is 5.91 Å². The highest BCUT2D eigenvalue weighted by Gasteiger charge is 2.37. The van der Waals surface area contributed by atoms with Crippen LogP contribution in [0.5, 0.6) is 5.75 Å². The van der Waals surface area contributed by atoms with Gasteiger partial charge in [-0.2, -0.15) is 0 Å². The fraction of sp³-hybridized carbons (Fsp3) is 0.550. The first-order chi connectivity index (χ1) is 12.3. The van der Waals surface area contributed by atoms with E-state index in [1.54, 1.807) is 25.1 Å². The van der Waals surface area contributed by atoms with Gasteiger partial charge in [-0.25, -0.2) is 0 Å². The second-order valence-corrected chi connectivity index (χ2v) is 7.04. The lowest BCUT2D eigenvalue weighted by Gasteiger charge is -2.36. The third-order valence-corrected chi connectivity index (χ3v) is 4.58. The SMILES string of the molecule is CCC(=O)c1ccc2c(c1)N(CC(=O)NC(C)CC)C(=O)C(C(C)C)O2. The second-order valence-electron chi connectivity index (χ2n) is 7.04. The summed E-state index contributed by atoms with van der Waals surface area (Å²) in [6.07, 6.45) is 0.534. The lowest BCUT2D eigenvalue weighted by Crippen LogP contribution is -2.52. The maximum atomic E-state index is 12.9. The summed E-state index contributed by atoms with van der Waals surface area (Å²) in [5.74, 6) is -0.0153. The summed E-state index contributed by atoms with van der Waals surface area (Å²) in [6.45, 7) is 9.40. The fourth-order valence-corrected chi connectivity index (χ4v) is 2.82. The minimum absolute atomic E-state index is 0.0183. The van der Waals surface area contributed by atoms with Crippen LogP contribution in [0.1, 0.15) is 57.8 Å². The summed E-state index contributed by atoms with van der Waals surface area (Å²) >= 11 is 0. The highest BCUT2D eigenvalue weighted by atomic mass is 16.5. The van der Waals surface area contributed by atoms with Gasteiger partial charge in [0.1, 0.15) is 12.3 Å². The Labute approximate surface area is 154 Å². The van der Waals surface area contributed by atoms with Crippen LogP contribution < -0.4 is 15.0 Å². The third-order valence-electron chi connectivity index (χ3n) is 4.58. The van der Waals surface area contributed by atoms with Crippen molar-refractivity contribution in [3.8, 4) is 5.75 Å². The molecular formula is C20H28N2O4. The molecule has 1 aromatic carbocycles. The number of carbonyl (C=O) groups excluding carboxylic acids is 3. The van der Waals surface area contributed by atoms with E-state index < -0.39 is 6.10 Å². The molecule has 1 aliphatic heterocycles. The lowest BCUT2D eigenvalue weighted by atomic mass is 10.0. The Bertz CT molecular complexity index is 699. The Morgan fingerprint density at radius 1 is 1.23 bits per heavy atom. The summed E-state index contributed by atoms with van der Waals surface area (Å²) in [6, 6.07) is 5.09. The molecule has 2 atom stereocenters. The molecule has 0 bridgehead atoms. The van der Waals surface area contributed by atoms with Gasteiger partial charge in [-0.15, -0.1) is 0 Å². The highest BCUT2D eigenvalue weighted by Crippen LogP contribution is 2.36. The van der Waals surface area contributed by atoms with Crippen LogP contribution in [-0.4, -0.2) is 36.3 Å². The number of nitrogens with zero attached hydrogens (tertiary/aromatic N) is 1. The molecule has 2 unspecified atom stereocenters. The van der Waals surface area contributed by atoms with Crippen molar-refractivity contribution < 1.29 is 19.1 Å². The minimum Gasteiger partial charge on any atom is -0.478 e. The highest BCUT2D eigenvalue weighted by molar-refractivity contribution is 6.05. The third kappa shape index (κ3) is 4.23. The predicted molar refractivity (Wildman–Crippen MR) is 101 cm³/mol. The number of nitrogens with one attached hydrogen (secondary N) is 1. The maximum Gasteiger partial charge on any atom is 0.268 e. The Morgan fingerprint density at radius 2 is 1.92 bits per heavy atom. The number of ether oxygens (including phenoxy) is 1. The largest absolute Gasteiger partial charge is 0.478 e. The van der Waals surface area contributed by atoms with Gasteiger partial charge in [-0.05, 0) is 37.5 Å². The zero-order chi connectivity index (χ0) is 19.4. The number of amides is 2. The molecule has 0 saturated heterocycles. The van der Waals surface area contributed by atoms with E-state index in [4.69, 9.17) is 4.74 Å². The molecule has 1 N–H and O–H groups in total. The van der Waals surface area contributed by atoms with E-state index in [-0.39, 0.29) is 36.1 Å². The average Bonchev–Trinajstić information content (AvgIpc) is 2.62. The van der Waals surface area contributed by atoms with Crippen molar-refractivity contribution >= 4 is 23.3 Å². The van der Waals surface area contributed by atoms with Crippen molar-refractivity contribution in [2.75, 3.05) is 11.4 Å². The van der Waals surface area contributed by atoms with Crippen LogP contribution in [0, 0.1) is 5.92 Å². The molecule has 142 valence electrons. The van der Waals surface area contributed by atoms with Crippen LogP contribution >= 0.6 is 0 Å². The van der Waals surface area contributed by atoms with Crippen LogP contribution in [-0.2, 0) is 9.59 Å². The van der Waals surface area contributed by atoms with Gasteiger partial charge >= 0.3 is 0 Å². The number of hydrogen-bond acceptors (Lipinski definition) is 4. The average molecular weight is 360 g/mol. The molecule has 0 saturated carbocycles. The lowest BCUT2D eigenvalue weighted by molar-refractivity contribution is -0.130. The molecular weight excluding hydrogens is 332 g/mol. The number of anilines is 1. The van der Waals surface area contributed by atoms with Crippen molar-refractivity contribution in [1.82, 2.24) is 5.32 Å². The normalized spacial score (nSPS) is 17.5. The summed E-state index contributed by atoms with van der Waals surface area (Å²) in [5, 5.41) is 2.88. The number of hydrogen-bond donors (Lipinski definition) is 1. The fourth-order valence-electron chi connectivity index (χ4n) is 2.82. The van der Waals surface area contributed by atoms with E-state index in [9.17, 15) is 14.4 Å². The quantitative estimate of drug-likeness (QED) is 0.759. The number of fused-ring (bicyclic) bond motifs is 1. The molecule has 6 nitrogen and oxygen atoms in total. The molecule has 0 aliphatic carbocycles. The van der Waals surface area contributed by atoms with Gasteiger partial charge in [-0.3, -0.25) is 19.3 Å². The molecule has 2 rings (SSSR count). The van der Waals surface area contributed by atoms with Crippen LogP contribution in [0.25, 0.3) is 0 Å². The van der Waals surface area contributed by atoms with Gasteiger partial charge < -0.3 is 10.1 Å². The molecule has 1 aromatic rings. The molecule has 6 heteroatoms. The van der Waals surface area contributed by atoms with Gasteiger partial charge in [0.05, 0.1) is 5.69 Å². The molecule has 2 amide bonds. The predicted octanol–water partition coefficient (Wildman–Crippen LogP) is 2.94. The standard InChI is InChI=1S/C20H28N2O4/c1-6-13(5)21-18(24)11-22-15-10-14(16(23)7-2)8-9-17(15)26-19(12(3)4)20(22)25/h8-10,12-13,19H,6-7,11H2,1-5H3,(H,21,24). The first-order valence-electron chi connectivity index (χ1n) is 9.23. The summed E-state index contributed by atoms with van der Waals surface area (Å²) in [4.78, 5) is 38.8. The second kappa shape index (κ2) is 8.34. The zero-order valence-electron chi connectivity index (χ0n) is 16.2. The Balaban J connectivity index is 2.38. The molecule has 0 aromatic heterocycles. The van der Waals surface area contributed by atoms with E-state index in [1.165, 1.54) is 4.90 Å². The minimum atomic E-state index is -0.647. The molecule has 0 spiro atoms. The van der Waals surface area contributed by atoms with E-state index in [0.717, 1.165) is 6.42 Å². The summed E-state index contributed by atoms with van der Waals surface area (Å²) in [5.41, 5.74) is 0.989. The topological polar surface area (TPSA) is 75.7 Å². The number of ketones is 1. The molecule has 1 aliphatic rings. The van der Waals surface area contributed by atoms with Gasteiger partial charge in [0, 0.05) is 18.0 Å². The van der Waals surface area contributed by atoms with E-state index in [2.05, 4.69) is 5.32 Å². The molecule has 26 heavy (non-hydrogen) atoms. The van der Waals surface area contributed by atoms with E-state index >= 15 is 0 Å². The number of rotatable bonds is 7. The van der Waals surface area contributed by atoms with E-state index in [1.807, 2.05) is 27.7 Å². The van der Waals surface area contributed by atoms with Crippen molar-refractivity contribution in [1.29, 1.82) is 0 Å². The van der Waals surface area contributed by atoms with Crippen LogP contribution in [0.4, 0.5) is 5.69 Å². The van der Waals surface area contributed by atoms with Crippen molar-refractivity contribution in [2.45, 2.75) is 59.6 Å². The van der Waals surface area contributed by atoms with Crippen LogP contribution in [0.15, 0.2) is 18.2 Å². The zero-order valence-corrected chi connectivity index (χ0v) is 16.2. The van der Waals surface area contributed by atoms with Crippen molar-refractivity contribution in [3.05, 3.63) is 23.8 Å².